The summed E-state index contributed by atoms with van der Waals surface area (Å²) in [6.07, 6.45) is 6.80. The van der Waals surface area contributed by atoms with Crippen LogP contribution in [0.3, 0.4) is 0 Å². The predicted molar refractivity (Wildman–Crippen MR) is 65.2 cm³/mol. The van der Waals surface area contributed by atoms with Gasteiger partial charge < -0.3 is 4.90 Å². The number of anilines is 1. The van der Waals surface area contributed by atoms with Crippen molar-refractivity contribution in [3.63, 3.8) is 0 Å². The van der Waals surface area contributed by atoms with Crippen molar-refractivity contribution >= 4 is 23.2 Å². The number of hydrogen-bond acceptors (Lipinski definition) is 3. The number of likely N-dealkylation sites (N-methyl/N-ethyl adjacent to an activating group) is 1. The molecule has 5 heteroatoms. The molecule has 1 aromatic rings. The summed E-state index contributed by atoms with van der Waals surface area (Å²) in [6.45, 7) is 0. The highest BCUT2D eigenvalue weighted by atomic mass is 35.5. The second kappa shape index (κ2) is 3.67. The van der Waals surface area contributed by atoms with E-state index >= 15 is 0 Å². The number of carbonyl (C=O) groups excluding carboxylic acids is 1. The van der Waals surface area contributed by atoms with E-state index in [1.54, 1.807) is 18.1 Å². The van der Waals surface area contributed by atoms with Crippen molar-refractivity contribution in [3.05, 3.63) is 17.2 Å². The molecule has 0 bridgehead atoms. The van der Waals surface area contributed by atoms with E-state index in [9.17, 15) is 4.79 Å². The predicted octanol–water partition coefficient (Wildman–Crippen LogP) is 2.31. The molecule has 17 heavy (non-hydrogen) atoms. The van der Waals surface area contributed by atoms with E-state index in [1.165, 1.54) is 6.42 Å². The molecule has 4 nitrogen and oxygen atoms in total. The van der Waals surface area contributed by atoms with Gasteiger partial charge in [-0.05, 0) is 24.4 Å². The fourth-order valence-electron chi connectivity index (χ4n) is 3.09. The number of amides is 1. The van der Waals surface area contributed by atoms with Crippen molar-refractivity contribution in [2.75, 3.05) is 11.9 Å². The van der Waals surface area contributed by atoms with Crippen LogP contribution in [-0.4, -0.2) is 22.9 Å². The van der Waals surface area contributed by atoms with E-state index in [2.05, 4.69) is 9.97 Å². The highest BCUT2D eigenvalue weighted by molar-refractivity contribution is 6.28. The van der Waals surface area contributed by atoms with Crippen LogP contribution in [0.25, 0.3) is 0 Å². The third-order valence-corrected chi connectivity index (χ3v) is 4.16. The smallest absolute Gasteiger partial charge is 0.239 e. The molecule has 1 aromatic heterocycles. The largest absolute Gasteiger partial charge is 0.312 e. The van der Waals surface area contributed by atoms with E-state index in [1.807, 2.05) is 0 Å². The molecule has 0 aromatic carbocycles. The number of hydrogen-bond donors (Lipinski definition) is 0. The molecule has 3 rings (SSSR count). The van der Waals surface area contributed by atoms with Gasteiger partial charge in [0.05, 0.1) is 23.0 Å². The molecule has 0 atom stereocenters. The maximum Gasteiger partial charge on any atom is 0.239 e. The molecule has 1 aliphatic heterocycles. The minimum atomic E-state index is -0.422. The van der Waals surface area contributed by atoms with E-state index in [0.717, 1.165) is 37.1 Å². The van der Waals surface area contributed by atoms with Crippen LogP contribution in [0.4, 0.5) is 5.69 Å². The number of halogens is 1. The van der Waals surface area contributed by atoms with Crippen LogP contribution in [0, 0.1) is 0 Å². The van der Waals surface area contributed by atoms with Gasteiger partial charge in [0.25, 0.3) is 0 Å². The molecule has 0 unspecified atom stereocenters. The van der Waals surface area contributed by atoms with Crippen LogP contribution in [0.5, 0.6) is 0 Å². The second-order valence-electron chi connectivity index (χ2n) is 4.88. The first kappa shape index (κ1) is 11.0. The Bertz CT molecular complexity index is 483. The average molecular weight is 252 g/mol. The normalized spacial score (nSPS) is 22.0. The van der Waals surface area contributed by atoms with Crippen LogP contribution in [0.1, 0.15) is 37.8 Å². The third kappa shape index (κ3) is 1.40. The van der Waals surface area contributed by atoms with Gasteiger partial charge in [-0.15, -0.1) is 0 Å². The van der Waals surface area contributed by atoms with Crippen molar-refractivity contribution in [1.29, 1.82) is 0 Å². The first-order valence-electron chi connectivity index (χ1n) is 5.96. The number of fused-ring (bicyclic) bond motifs is 2. The molecular formula is C12H14ClN3O. The molecule has 1 aliphatic carbocycles. The van der Waals surface area contributed by atoms with Gasteiger partial charge in [-0.3, -0.25) is 4.79 Å². The summed E-state index contributed by atoms with van der Waals surface area (Å²) >= 11 is 5.87. The fourth-order valence-corrected chi connectivity index (χ4v) is 3.22. The molecule has 1 fully saturated rings. The summed E-state index contributed by atoms with van der Waals surface area (Å²) in [5.74, 6) is 0.156. The van der Waals surface area contributed by atoms with Crippen molar-refractivity contribution < 1.29 is 4.79 Å². The molecule has 2 aliphatic rings. The van der Waals surface area contributed by atoms with Crippen LogP contribution in [0.2, 0.25) is 5.28 Å². The Morgan fingerprint density at radius 1 is 1.35 bits per heavy atom. The van der Waals surface area contributed by atoms with Gasteiger partial charge in [-0.25, -0.2) is 9.97 Å². The molecule has 1 amide bonds. The lowest BCUT2D eigenvalue weighted by Gasteiger charge is -2.31. The lowest BCUT2D eigenvalue weighted by atomic mass is 9.72. The Hall–Kier alpha value is -1.16. The lowest BCUT2D eigenvalue weighted by molar-refractivity contribution is -0.124. The summed E-state index contributed by atoms with van der Waals surface area (Å²) in [5, 5.41) is 0.233. The van der Waals surface area contributed by atoms with E-state index in [4.69, 9.17) is 11.6 Å². The van der Waals surface area contributed by atoms with Gasteiger partial charge in [0.1, 0.15) is 0 Å². The monoisotopic (exact) mass is 251 g/mol. The Kier molecular flexibility index (Phi) is 2.36. The maximum absolute atomic E-state index is 12.5. The van der Waals surface area contributed by atoms with Gasteiger partial charge in [0.2, 0.25) is 11.2 Å². The SMILES string of the molecule is CN1C(=O)C2(CCCCC2)c2nc(Cl)ncc21. The molecule has 0 radical (unpaired) electrons. The lowest BCUT2D eigenvalue weighted by Crippen LogP contribution is -2.40. The van der Waals surface area contributed by atoms with Crippen molar-refractivity contribution in [1.82, 2.24) is 9.97 Å². The van der Waals surface area contributed by atoms with E-state index in [-0.39, 0.29) is 11.2 Å². The quantitative estimate of drug-likeness (QED) is 0.665. The van der Waals surface area contributed by atoms with Gasteiger partial charge in [0, 0.05) is 7.05 Å². The number of aromatic nitrogens is 2. The number of rotatable bonds is 0. The van der Waals surface area contributed by atoms with Crippen LogP contribution < -0.4 is 4.90 Å². The first-order chi connectivity index (χ1) is 8.15. The van der Waals surface area contributed by atoms with Crippen molar-refractivity contribution in [2.45, 2.75) is 37.5 Å². The molecule has 0 N–H and O–H groups in total. The maximum atomic E-state index is 12.5. The second-order valence-corrected chi connectivity index (χ2v) is 5.22. The minimum Gasteiger partial charge on any atom is -0.312 e. The Morgan fingerprint density at radius 3 is 2.76 bits per heavy atom. The molecule has 1 spiro atoms. The summed E-state index contributed by atoms with van der Waals surface area (Å²) in [7, 11) is 1.79. The van der Waals surface area contributed by atoms with Crippen LogP contribution in [0.15, 0.2) is 6.20 Å². The fraction of sp³-hybridized carbons (Fsp3) is 0.583. The average Bonchev–Trinajstić information content (AvgIpc) is 2.54. The molecule has 0 saturated heterocycles. The topological polar surface area (TPSA) is 46.1 Å². The van der Waals surface area contributed by atoms with Crippen LogP contribution >= 0.6 is 11.6 Å². The molecule has 1 saturated carbocycles. The number of nitrogens with zero attached hydrogens (tertiary/aromatic N) is 3. The van der Waals surface area contributed by atoms with Crippen molar-refractivity contribution in [2.24, 2.45) is 0 Å². The Labute approximate surface area is 105 Å². The van der Waals surface area contributed by atoms with Gasteiger partial charge >= 0.3 is 0 Å². The van der Waals surface area contributed by atoms with E-state index in [0.29, 0.717) is 0 Å². The number of carbonyl (C=O) groups is 1. The van der Waals surface area contributed by atoms with Gasteiger partial charge in [0.15, 0.2) is 0 Å². The zero-order chi connectivity index (χ0) is 12.0. The van der Waals surface area contributed by atoms with Crippen LogP contribution in [-0.2, 0) is 10.2 Å². The first-order valence-corrected chi connectivity index (χ1v) is 6.34. The minimum absolute atomic E-state index is 0.156. The zero-order valence-electron chi connectivity index (χ0n) is 9.74. The summed E-state index contributed by atoms with van der Waals surface area (Å²) < 4.78 is 0. The highest BCUT2D eigenvalue weighted by Crippen LogP contribution is 2.48. The molecule has 90 valence electrons. The standard InChI is InChI=1S/C12H14ClN3O/c1-16-8-7-14-11(13)15-9(8)12(10(16)17)5-3-2-4-6-12/h7H,2-6H2,1H3. The van der Waals surface area contributed by atoms with Crippen molar-refractivity contribution in [3.8, 4) is 0 Å². The molecule has 2 heterocycles. The molecular weight excluding hydrogens is 238 g/mol. The van der Waals surface area contributed by atoms with Gasteiger partial charge in [-0.1, -0.05) is 19.3 Å². The third-order valence-electron chi connectivity index (χ3n) is 3.98. The summed E-state index contributed by atoms with van der Waals surface area (Å²) in [4.78, 5) is 22.4. The zero-order valence-corrected chi connectivity index (χ0v) is 10.5. The van der Waals surface area contributed by atoms with E-state index < -0.39 is 5.41 Å². The van der Waals surface area contributed by atoms with Gasteiger partial charge in [-0.2, -0.15) is 0 Å². The Balaban J connectivity index is 2.18. The summed E-state index contributed by atoms with van der Waals surface area (Å²) in [6, 6.07) is 0. The highest BCUT2D eigenvalue weighted by Gasteiger charge is 2.51. The summed E-state index contributed by atoms with van der Waals surface area (Å²) in [5.41, 5.74) is 1.24. The Morgan fingerprint density at radius 2 is 2.06 bits per heavy atom.